The zero-order chi connectivity index (χ0) is 12.8. The highest BCUT2D eigenvalue weighted by molar-refractivity contribution is 5.41. The van der Waals surface area contributed by atoms with E-state index < -0.39 is 0 Å². The Morgan fingerprint density at radius 1 is 1.35 bits per heavy atom. The molecular formula is C13H21N3O. The molecule has 1 heterocycles. The maximum Gasteiger partial charge on any atom is 0.252 e. The van der Waals surface area contributed by atoms with Crippen LogP contribution in [0.1, 0.15) is 40.4 Å². The predicted molar refractivity (Wildman–Crippen MR) is 69.2 cm³/mol. The number of aryl methyl sites for hydroxylation is 1. The Kier molecular flexibility index (Phi) is 2.56. The van der Waals surface area contributed by atoms with Crippen LogP contribution in [0.3, 0.4) is 0 Å². The number of hydrogen-bond donors (Lipinski definition) is 2. The molecule has 1 aliphatic carbocycles. The van der Waals surface area contributed by atoms with Crippen molar-refractivity contribution in [1.29, 1.82) is 0 Å². The number of nitrogens with one attached hydrogen (secondary N) is 2. The van der Waals surface area contributed by atoms with Gasteiger partial charge in [0.05, 0.1) is 0 Å². The number of nitrogens with zero attached hydrogens (tertiary/aromatic N) is 1. The van der Waals surface area contributed by atoms with Crippen molar-refractivity contribution in [3.63, 3.8) is 0 Å². The molecule has 1 aromatic heterocycles. The van der Waals surface area contributed by atoms with Gasteiger partial charge >= 0.3 is 0 Å². The molecule has 0 bridgehead atoms. The Balaban J connectivity index is 2.21. The van der Waals surface area contributed by atoms with E-state index in [1.165, 1.54) is 6.07 Å². The van der Waals surface area contributed by atoms with Gasteiger partial charge in [-0.3, -0.25) is 4.79 Å². The van der Waals surface area contributed by atoms with Crippen LogP contribution in [0.25, 0.3) is 0 Å². The van der Waals surface area contributed by atoms with Crippen molar-refractivity contribution in [2.24, 2.45) is 10.8 Å². The SMILES string of the molecule is CCc1nc(NC2C(C)(C)C2(C)C)cc(=O)[nH]1. The maximum atomic E-state index is 11.5. The van der Waals surface area contributed by atoms with Gasteiger partial charge in [-0.15, -0.1) is 0 Å². The highest BCUT2D eigenvalue weighted by atomic mass is 16.1. The monoisotopic (exact) mass is 235 g/mol. The molecule has 1 fully saturated rings. The van der Waals surface area contributed by atoms with E-state index in [1.54, 1.807) is 0 Å². The molecule has 0 atom stereocenters. The second-order valence-electron chi connectivity index (χ2n) is 5.95. The van der Waals surface area contributed by atoms with Crippen LogP contribution in [0.5, 0.6) is 0 Å². The van der Waals surface area contributed by atoms with Crippen molar-refractivity contribution in [1.82, 2.24) is 9.97 Å². The molecule has 0 aliphatic heterocycles. The van der Waals surface area contributed by atoms with Gasteiger partial charge in [-0.05, 0) is 10.8 Å². The minimum Gasteiger partial charge on any atom is -0.366 e. The largest absolute Gasteiger partial charge is 0.366 e. The summed E-state index contributed by atoms with van der Waals surface area (Å²) in [4.78, 5) is 18.6. The zero-order valence-corrected chi connectivity index (χ0v) is 11.2. The van der Waals surface area contributed by atoms with Gasteiger partial charge in [-0.25, -0.2) is 4.98 Å². The summed E-state index contributed by atoms with van der Waals surface area (Å²) in [5.74, 6) is 1.42. The first kappa shape index (κ1) is 12.1. The fraction of sp³-hybridized carbons (Fsp3) is 0.692. The standard InChI is InChI=1S/C13H21N3O/c1-6-8-14-9(7-10(17)15-8)16-11-12(2,3)13(11,4)5/h7,11H,6H2,1-5H3,(H2,14,15,16,17). The van der Waals surface area contributed by atoms with E-state index in [1.807, 2.05) is 6.92 Å². The summed E-state index contributed by atoms with van der Waals surface area (Å²) >= 11 is 0. The summed E-state index contributed by atoms with van der Waals surface area (Å²) in [5.41, 5.74) is 0.392. The lowest BCUT2D eigenvalue weighted by molar-refractivity contribution is 0.457. The Morgan fingerprint density at radius 2 is 1.94 bits per heavy atom. The minimum atomic E-state index is -0.0874. The summed E-state index contributed by atoms with van der Waals surface area (Å²) in [6, 6.07) is 1.90. The van der Waals surface area contributed by atoms with Crippen LogP contribution in [-0.2, 0) is 6.42 Å². The number of anilines is 1. The molecule has 0 unspecified atom stereocenters. The molecular weight excluding hydrogens is 214 g/mol. The third-order valence-corrected chi connectivity index (χ3v) is 4.44. The lowest BCUT2D eigenvalue weighted by Gasteiger charge is -2.08. The molecule has 2 N–H and O–H groups in total. The van der Waals surface area contributed by atoms with E-state index in [9.17, 15) is 4.79 Å². The third kappa shape index (κ3) is 1.85. The van der Waals surface area contributed by atoms with Crippen LogP contribution < -0.4 is 10.9 Å². The zero-order valence-electron chi connectivity index (χ0n) is 11.2. The normalized spacial score (nSPS) is 21.2. The van der Waals surface area contributed by atoms with E-state index in [-0.39, 0.29) is 16.4 Å². The lowest BCUT2D eigenvalue weighted by Crippen LogP contribution is -2.17. The molecule has 0 aromatic carbocycles. The van der Waals surface area contributed by atoms with Gasteiger partial charge in [0, 0.05) is 18.5 Å². The first-order valence-electron chi connectivity index (χ1n) is 6.16. The van der Waals surface area contributed by atoms with Crippen molar-refractivity contribution < 1.29 is 0 Å². The highest BCUT2D eigenvalue weighted by Crippen LogP contribution is 2.63. The highest BCUT2D eigenvalue weighted by Gasteiger charge is 2.65. The summed E-state index contributed by atoms with van der Waals surface area (Å²) in [7, 11) is 0. The van der Waals surface area contributed by atoms with Crippen molar-refractivity contribution in [2.45, 2.75) is 47.1 Å². The van der Waals surface area contributed by atoms with Gasteiger partial charge in [0.1, 0.15) is 11.6 Å². The molecule has 0 saturated heterocycles. The van der Waals surface area contributed by atoms with Crippen LogP contribution in [0.15, 0.2) is 10.9 Å². The van der Waals surface area contributed by atoms with Gasteiger partial charge in [0.15, 0.2) is 0 Å². The van der Waals surface area contributed by atoms with Gasteiger partial charge in [0.2, 0.25) is 0 Å². The van der Waals surface area contributed by atoms with Gasteiger partial charge in [-0.1, -0.05) is 34.6 Å². The van der Waals surface area contributed by atoms with E-state index in [2.05, 4.69) is 43.0 Å². The predicted octanol–water partition coefficient (Wildman–Crippen LogP) is 2.18. The first-order valence-corrected chi connectivity index (χ1v) is 6.16. The quantitative estimate of drug-likeness (QED) is 0.844. The molecule has 0 radical (unpaired) electrons. The molecule has 0 amide bonds. The van der Waals surface area contributed by atoms with Crippen LogP contribution in [0.4, 0.5) is 5.82 Å². The Labute approximate surface area is 102 Å². The number of hydrogen-bond acceptors (Lipinski definition) is 3. The van der Waals surface area contributed by atoms with E-state index in [0.29, 0.717) is 11.9 Å². The maximum absolute atomic E-state index is 11.5. The van der Waals surface area contributed by atoms with Crippen molar-refractivity contribution in [3.05, 3.63) is 22.2 Å². The van der Waals surface area contributed by atoms with Crippen LogP contribution in [-0.4, -0.2) is 16.0 Å². The van der Waals surface area contributed by atoms with Gasteiger partial charge < -0.3 is 10.3 Å². The number of aromatic nitrogens is 2. The summed E-state index contributed by atoms with van der Waals surface area (Å²) < 4.78 is 0. The minimum absolute atomic E-state index is 0.0874. The van der Waals surface area contributed by atoms with Crippen LogP contribution in [0.2, 0.25) is 0 Å². The Hall–Kier alpha value is -1.32. The average Bonchev–Trinajstić information content (AvgIpc) is 2.60. The second-order valence-corrected chi connectivity index (χ2v) is 5.95. The summed E-state index contributed by atoms with van der Waals surface area (Å²) in [5, 5.41) is 3.38. The topological polar surface area (TPSA) is 57.8 Å². The van der Waals surface area contributed by atoms with Crippen molar-refractivity contribution in [3.8, 4) is 0 Å². The molecule has 2 rings (SSSR count). The molecule has 17 heavy (non-hydrogen) atoms. The van der Waals surface area contributed by atoms with Crippen LogP contribution in [0, 0.1) is 10.8 Å². The fourth-order valence-electron chi connectivity index (χ4n) is 2.45. The first-order chi connectivity index (χ1) is 7.79. The number of rotatable bonds is 3. The lowest BCUT2D eigenvalue weighted by atomic mass is 10.0. The van der Waals surface area contributed by atoms with Gasteiger partial charge in [-0.2, -0.15) is 0 Å². The third-order valence-electron chi connectivity index (χ3n) is 4.44. The molecule has 4 heteroatoms. The second kappa shape index (κ2) is 3.59. The van der Waals surface area contributed by atoms with Crippen LogP contribution >= 0.6 is 0 Å². The molecule has 1 aromatic rings. The van der Waals surface area contributed by atoms with Gasteiger partial charge in [0.25, 0.3) is 5.56 Å². The molecule has 0 spiro atoms. The summed E-state index contributed by atoms with van der Waals surface area (Å²) in [6.45, 7) is 10.9. The van der Waals surface area contributed by atoms with E-state index >= 15 is 0 Å². The summed E-state index contributed by atoms with van der Waals surface area (Å²) in [6.07, 6.45) is 0.738. The van der Waals surface area contributed by atoms with Crippen molar-refractivity contribution >= 4 is 5.82 Å². The number of H-pyrrole nitrogens is 1. The van der Waals surface area contributed by atoms with E-state index in [4.69, 9.17) is 0 Å². The molecule has 4 nitrogen and oxygen atoms in total. The smallest absolute Gasteiger partial charge is 0.252 e. The Bertz CT molecular complexity index is 474. The molecule has 1 aliphatic rings. The molecule has 94 valence electrons. The average molecular weight is 235 g/mol. The van der Waals surface area contributed by atoms with Crippen molar-refractivity contribution in [2.75, 3.05) is 5.32 Å². The molecule has 1 saturated carbocycles. The Morgan fingerprint density at radius 3 is 2.41 bits per heavy atom. The van der Waals surface area contributed by atoms with E-state index in [0.717, 1.165) is 12.2 Å². The number of aromatic amines is 1. The fourth-order valence-corrected chi connectivity index (χ4v) is 2.45.